The van der Waals surface area contributed by atoms with Crippen LogP contribution in [0.15, 0.2) is 36.4 Å². The summed E-state index contributed by atoms with van der Waals surface area (Å²) < 4.78 is 0. The number of piperidine rings is 1. The molecule has 0 spiro atoms. The number of hydrogen-bond donors (Lipinski definition) is 0. The highest BCUT2D eigenvalue weighted by molar-refractivity contribution is 5.45. The van der Waals surface area contributed by atoms with Crippen molar-refractivity contribution in [3.8, 4) is 6.07 Å². The molecule has 1 aliphatic heterocycles. The highest BCUT2D eigenvalue weighted by Crippen LogP contribution is 2.29. The molecular weight excluding hydrogens is 258 g/mol. The van der Waals surface area contributed by atoms with E-state index in [1.807, 2.05) is 31.2 Å². The number of aryl methyl sites for hydroxylation is 1. The molecule has 2 heterocycles. The molecule has 21 heavy (non-hydrogen) atoms. The molecule has 3 nitrogen and oxygen atoms in total. The third-order valence-electron chi connectivity index (χ3n) is 4.23. The predicted octanol–water partition coefficient (Wildman–Crippen LogP) is 3.45. The summed E-state index contributed by atoms with van der Waals surface area (Å²) in [7, 11) is 0. The first-order valence-corrected chi connectivity index (χ1v) is 7.36. The van der Waals surface area contributed by atoms with Crippen LogP contribution < -0.4 is 4.90 Å². The van der Waals surface area contributed by atoms with Crippen LogP contribution in [-0.2, 0) is 0 Å². The third-order valence-corrected chi connectivity index (χ3v) is 4.23. The van der Waals surface area contributed by atoms with Gasteiger partial charge in [-0.05, 0) is 49.4 Å². The smallest absolute Gasteiger partial charge is 0.128 e. The fourth-order valence-electron chi connectivity index (χ4n) is 2.96. The van der Waals surface area contributed by atoms with E-state index in [1.54, 1.807) is 0 Å². The Hall–Kier alpha value is -2.34. The molecule has 1 fully saturated rings. The lowest BCUT2D eigenvalue weighted by Gasteiger charge is -2.33. The number of pyridine rings is 1. The minimum atomic E-state index is 0.635. The molecule has 1 radical (unpaired) electrons. The minimum absolute atomic E-state index is 0.635. The first kappa shape index (κ1) is 13.6. The first-order valence-electron chi connectivity index (χ1n) is 7.36. The third kappa shape index (κ3) is 2.90. The number of nitrogens with zero attached hydrogens (tertiary/aromatic N) is 3. The molecule has 0 atom stereocenters. The van der Waals surface area contributed by atoms with Crippen LogP contribution in [0.3, 0.4) is 0 Å². The van der Waals surface area contributed by atoms with Gasteiger partial charge in [0.1, 0.15) is 11.9 Å². The number of benzene rings is 1. The van der Waals surface area contributed by atoms with Gasteiger partial charge < -0.3 is 4.90 Å². The van der Waals surface area contributed by atoms with Crippen molar-refractivity contribution in [2.75, 3.05) is 18.0 Å². The second-order valence-corrected chi connectivity index (χ2v) is 5.51. The zero-order valence-electron chi connectivity index (χ0n) is 12.2. The molecule has 105 valence electrons. The molecule has 1 saturated heterocycles. The summed E-state index contributed by atoms with van der Waals surface area (Å²) in [5.41, 5.74) is 2.89. The average molecular weight is 276 g/mol. The summed E-state index contributed by atoms with van der Waals surface area (Å²) >= 11 is 0. The molecule has 1 aliphatic rings. The van der Waals surface area contributed by atoms with Gasteiger partial charge in [0.15, 0.2) is 0 Å². The van der Waals surface area contributed by atoms with Gasteiger partial charge in [-0.2, -0.15) is 5.26 Å². The largest absolute Gasteiger partial charge is 0.357 e. The zero-order valence-corrected chi connectivity index (χ0v) is 12.2. The summed E-state index contributed by atoms with van der Waals surface area (Å²) in [5.74, 6) is 1.63. The van der Waals surface area contributed by atoms with Crippen molar-refractivity contribution in [3.63, 3.8) is 0 Å². The number of aromatic nitrogens is 1. The van der Waals surface area contributed by atoms with Crippen molar-refractivity contribution >= 4 is 5.82 Å². The van der Waals surface area contributed by atoms with Crippen LogP contribution in [0.4, 0.5) is 5.82 Å². The lowest BCUT2D eigenvalue weighted by molar-refractivity contribution is 0.502. The molecule has 3 rings (SSSR count). The van der Waals surface area contributed by atoms with E-state index in [2.05, 4.69) is 34.2 Å². The molecule has 2 aromatic rings. The highest BCUT2D eigenvalue weighted by atomic mass is 15.2. The van der Waals surface area contributed by atoms with E-state index in [9.17, 15) is 0 Å². The lowest BCUT2D eigenvalue weighted by atomic mass is 9.89. The minimum Gasteiger partial charge on any atom is -0.357 e. The molecule has 1 aromatic carbocycles. The molecule has 0 aliphatic carbocycles. The van der Waals surface area contributed by atoms with E-state index in [0.29, 0.717) is 11.5 Å². The molecule has 0 bridgehead atoms. The van der Waals surface area contributed by atoms with Crippen molar-refractivity contribution in [1.82, 2.24) is 4.98 Å². The molecule has 0 unspecified atom stereocenters. The van der Waals surface area contributed by atoms with E-state index in [-0.39, 0.29) is 0 Å². The van der Waals surface area contributed by atoms with Gasteiger partial charge in [0.2, 0.25) is 0 Å². The van der Waals surface area contributed by atoms with Gasteiger partial charge in [-0.1, -0.05) is 24.3 Å². The molecular formula is C18H18N3. The highest BCUT2D eigenvalue weighted by Gasteiger charge is 2.21. The molecule has 0 saturated carbocycles. The van der Waals surface area contributed by atoms with Gasteiger partial charge >= 0.3 is 0 Å². The van der Waals surface area contributed by atoms with Gasteiger partial charge in [-0.25, -0.2) is 4.98 Å². The Morgan fingerprint density at radius 2 is 1.90 bits per heavy atom. The van der Waals surface area contributed by atoms with Crippen molar-refractivity contribution in [3.05, 3.63) is 59.3 Å². The van der Waals surface area contributed by atoms with E-state index < -0.39 is 0 Å². The van der Waals surface area contributed by atoms with Gasteiger partial charge in [0.05, 0.1) is 11.3 Å². The van der Waals surface area contributed by atoms with E-state index in [4.69, 9.17) is 5.26 Å². The van der Waals surface area contributed by atoms with Crippen molar-refractivity contribution in [2.24, 2.45) is 0 Å². The second-order valence-electron chi connectivity index (χ2n) is 5.51. The average Bonchev–Trinajstić information content (AvgIpc) is 2.56. The Morgan fingerprint density at radius 3 is 2.52 bits per heavy atom. The number of nitriles is 1. The van der Waals surface area contributed by atoms with Gasteiger partial charge in [0.25, 0.3) is 0 Å². The van der Waals surface area contributed by atoms with Gasteiger partial charge in [-0.3, -0.25) is 0 Å². The number of rotatable bonds is 2. The topological polar surface area (TPSA) is 39.9 Å². The SMILES string of the molecule is Cc1nc(N2CCC(c3cc[c]cc3)CC2)ccc1C#N. The van der Waals surface area contributed by atoms with E-state index in [0.717, 1.165) is 37.4 Å². The van der Waals surface area contributed by atoms with Crippen LogP contribution in [0, 0.1) is 24.3 Å². The molecule has 3 heteroatoms. The lowest BCUT2D eigenvalue weighted by Crippen LogP contribution is -2.33. The molecule has 0 N–H and O–H groups in total. The Bertz CT molecular complexity index is 650. The maximum atomic E-state index is 8.97. The number of anilines is 1. The van der Waals surface area contributed by atoms with Crippen LogP contribution >= 0.6 is 0 Å². The number of hydrogen-bond acceptors (Lipinski definition) is 3. The summed E-state index contributed by atoms with van der Waals surface area (Å²) in [4.78, 5) is 6.88. The summed E-state index contributed by atoms with van der Waals surface area (Å²) in [6.07, 6.45) is 2.29. The van der Waals surface area contributed by atoms with Crippen LogP contribution in [0.25, 0.3) is 0 Å². The van der Waals surface area contributed by atoms with Crippen LogP contribution in [0.2, 0.25) is 0 Å². The quantitative estimate of drug-likeness (QED) is 0.843. The maximum absolute atomic E-state index is 8.97. The Kier molecular flexibility index (Phi) is 3.87. The first-order chi connectivity index (χ1) is 10.3. The Balaban J connectivity index is 1.69. The van der Waals surface area contributed by atoms with E-state index >= 15 is 0 Å². The van der Waals surface area contributed by atoms with Crippen LogP contribution in [-0.4, -0.2) is 18.1 Å². The second kappa shape index (κ2) is 5.97. The summed E-state index contributed by atoms with van der Waals surface area (Å²) in [5, 5.41) is 8.97. The van der Waals surface area contributed by atoms with Crippen molar-refractivity contribution < 1.29 is 0 Å². The molecule has 1 aromatic heterocycles. The predicted molar refractivity (Wildman–Crippen MR) is 83.2 cm³/mol. The zero-order chi connectivity index (χ0) is 14.7. The molecule has 0 amide bonds. The fraction of sp³-hybridized carbons (Fsp3) is 0.333. The van der Waals surface area contributed by atoms with Crippen molar-refractivity contribution in [1.29, 1.82) is 5.26 Å². The normalized spacial score (nSPS) is 15.7. The van der Waals surface area contributed by atoms with Gasteiger partial charge in [-0.15, -0.1) is 0 Å². The Morgan fingerprint density at radius 1 is 1.19 bits per heavy atom. The van der Waals surface area contributed by atoms with Gasteiger partial charge in [0, 0.05) is 13.1 Å². The van der Waals surface area contributed by atoms with Crippen LogP contribution in [0.5, 0.6) is 0 Å². The van der Waals surface area contributed by atoms with E-state index in [1.165, 1.54) is 5.56 Å². The standard InChI is InChI=1S/C18H18N3/c1-14-17(13-19)7-8-18(20-14)21-11-9-16(10-12-21)15-5-3-2-4-6-15/h3-8,16H,9-12H2,1H3. The van der Waals surface area contributed by atoms with Crippen molar-refractivity contribution in [2.45, 2.75) is 25.7 Å². The Labute approximate surface area is 125 Å². The maximum Gasteiger partial charge on any atom is 0.128 e. The summed E-state index contributed by atoms with van der Waals surface area (Å²) in [6, 6.07) is 17.4. The monoisotopic (exact) mass is 276 g/mol. The van der Waals surface area contributed by atoms with Crippen LogP contribution in [0.1, 0.15) is 35.6 Å². The summed E-state index contributed by atoms with van der Waals surface area (Å²) in [6.45, 7) is 3.93. The fourth-order valence-corrected chi connectivity index (χ4v) is 2.96.